The minimum Gasteiger partial charge on any atom is -0.488 e. The monoisotopic (exact) mass is 537 g/mol. The zero-order valence-corrected chi connectivity index (χ0v) is 22.8. The number of aryl methyl sites for hydroxylation is 2. The Kier molecular flexibility index (Phi) is 8.82. The highest BCUT2D eigenvalue weighted by Crippen LogP contribution is 2.29. The van der Waals surface area contributed by atoms with E-state index in [0.717, 1.165) is 6.26 Å². The van der Waals surface area contributed by atoms with E-state index in [1.54, 1.807) is 43.9 Å². The Hall–Kier alpha value is -3.16. The summed E-state index contributed by atoms with van der Waals surface area (Å²) in [5.74, 6) is 0.431. The molecule has 12 nitrogen and oxygen atoms in total. The second-order valence-corrected chi connectivity index (χ2v) is 11.6. The highest BCUT2D eigenvalue weighted by atomic mass is 32.2. The van der Waals surface area contributed by atoms with Gasteiger partial charge in [0.25, 0.3) is 0 Å². The van der Waals surface area contributed by atoms with Gasteiger partial charge in [-0.1, -0.05) is 12.1 Å². The molecule has 0 unspecified atom stereocenters. The van der Waals surface area contributed by atoms with Gasteiger partial charge in [-0.2, -0.15) is 0 Å². The van der Waals surface area contributed by atoms with Gasteiger partial charge in [-0.15, -0.1) is 0 Å². The molecule has 0 radical (unpaired) electrons. The maximum absolute atomic E-state index is 13.3. The Balaban J connectivity index is 1.91. The number of likely N-dealkylation sites (N-methyl/N-ethyl adjacent to an activating group) is 1. The van der Waals surface area contributed by atoms with Crippen LogP contribution in [0, 0.1) is 19.8 Å². The second kappa shape index (κ2) is 11.5. The van der Waals surface area contributed by atoms with Crippen LogP contribution in [0.15, 0.2) is 22.7 Å². The van der Waals surface area contributed by atoms with E-state index in [0.29, 0.717) is 34.1 Å². The SMILES string of the molecule is Cc1noc(C)c1NC(=O)Nc1ccc2c(c1)CC(=O)N([C@H](C)CO)C[C@@H](C)[C@H](CN(C)S(C)(=O)=O)O2. The third kappa shape index (κ3) is 6.99. The van der Waals surface area contributed by atoms with Crippen LogP contribution in [0.25, 0.3) is 0 Å². The molecule has 3 N–H and O–H groups in total. The summed E-state index contributed by atoms with van der Waals surface area (Å²) in [6.07, 6.45) is 0.525. The molecule has 0 fully saturated rings. The Labute approximate surface area is 217 Å². The number of ether oxygens (including phenoxy) is 1. The lowest BCUT2D eigenvalue weighted by molar-refractivity contribution is -0.134. The van der Waals surface area contributed by atoms with Crippen molar-refractivity contribution in [1.29, 1.82) is 0 Å². The molecule has 1 aromatic carbocycles. The average molecular weight is 538 g/mol. The van der Waals surface area contributed by atoms with E-state index in [9.17, 15) is 23.1 Å². The lowest BCUT2D eigenvalue weighted by Crippen LogP contribution is -2.48. The maximum Gasteiger partial charge on any atom is 0.323 e. The van der Waals surface area contributed by atoms with Crippen molar-refractivity contribution < 1.29 is 32.4 Å². The number of aliphatic hydroxyl groups excluding tert-OH is 1. The number of anilines is 2. The number of aliphatic hydroxyl groups is 1. The van der Waals surface area contributed by atoms with Gasteiger partial charge in [0.1, 0.15) is 23.2 Å². The largest absolute Gasteiger partial charge is 0.488 e. The van der Waals surface area contributed by atoms with Crippen molar-refractivity contribution in [3.63, 3.8) is 0 Å². The molecule has 2 aromatic rings. The first-order valence-electron chi connectivity index (χ1n) is 11.9. The molecule has 3 rings (SSSR count). The van der Waals surface area contributed by atoms with Gasteiger partial charge in [0.15, 0.2) is 5.76 Å². The molecule has 204 valence electrons. The first-order valence-corrected chi connectivity index (χ1v) is 13.8. The molecular formula is C24H35N5O7S. The summed E-state index contributed by atoms with van der Waals surface area (Å²) in [6, 6.07) is 3.99. The van der Waals surface area contributed by atoms with Crippen LogP contribution in [0.3, 0.4) is 0 Å². The molecule has 0 bridgehead atoms. The van der Waals surface area contributed by atoms with Gasteiger partial charge in [-0.05, 0) is 39.0 Å². The van der Waals surface area contributed by atoms with Gasteiger partial charge in [0.05, 0.1) is 31.9 Å². The molecule has 1 aliphatic heterocycles. The van der Waals surface area contributed by atoms with Crippen LogP contribution in [0.2, 0.25) is 0 Å². The van der Waals surface area contributed by atoms with Gasteiger partial charge < -0.3 is 29.9 Å². The highest BCUT2D eigenvalue weighted by molar-refractivity contribution is 7.88. The van der Waals surface area contributed by atoms with E-state index in [2.05, 4.69) is 15.8 Å². The molecule has 0 saturated carbocycles. The standard InChI is InChI=1S/C24H35N5O7S/c1-14-11-29(15(2)13-30)22(31)10-18-9-19(25-24(32)26-23-16(3)27-36-17(23)4)7-8-20(18)35-21(14)12-28(5)37(6,33)34/h7-9,14-15,21,30H,10-13H2,1-6H3,(H2,25,26,32)/t14-,15-,21+/m1/s1. The van der Waals surface area contributed by atoms with Crippen molar-refractivity contribution in [2.75, 3.05) is 43.6 Å². The number of hydrogen-bond donors (Lipinski definition) is 3. The number of nitrogens with one attached hydrogen (secondary N) is 2. The first-order chi connectivity index (χ1) is 17.3. The summed E-state index contributed by atoms with van der Waals surface area (Å²) >= 11 is 0. The fourth-order valence-electron chi connectivity index (χ4n) is 4.05. The molecule has 3 amide bonds. The van der Waals surface area contributed by atoms with Gasteiger partial charge in [0, 0.05) is 30.8 Å². The van der Waals surface area contributed by atoms with Crippen molar-refractivity contribution in [2.45, 2.75) is 46.3 Å². The van der Waals surface area contributed by atoms with Crippen LogP contribution < -0.4 is 15.4 Å². The van der Waals surface area contributed by atoms with E-state index in [4.69, 9.17) is 9.26 Å². The predicted molar refractivity (Wildman–Crippen MR) is 138 cm³/mol. The number of rotatable bonds is 7. The quantitative estimate of drug-likeness (QED) is 0.484. The number of fused-ring (bicyclic) bond motifs is 1. The lowest BCUT2D eigenvalue weighted by atomic mass is 10.0. The predicted octanol–water partition coefficient (Wildman–Crippen LogP) is 1.98. The average Bonchev–Trinajstić information content (AvgIpc) is 3.15. The van der Waals surface area contributed by atoms with Gasteiger partial charge in [-0.3, -0.25) is 4.79 Å². The number of urea groups is 1. The maximum atomic E-state index is 13.3. The zero-order chi connectivity index (χ0) is 27.5. The number of benzene rings is 1. The Morgan fingerprint density at radius 3 is 2.62 bits per heavy atom. The Morgan fingerprint density at radius 1 is 1.32 bits per heavy atom. The normalized spacial score (nSPS) is 19.4. The Morgan fingerprint density at radius 2 is 2.03 bits per heavy atom. The molecule has 1 aromatic heterocycles. The van der Waals surface area contributed by atoms with E-state index < -0.39 is 28.2 Å². The summed E-state index contributed by atoms with van der Waals surface area (Å²) in [7, 11) is -1.98. The summed E-state index contributed by atoms with van der Waals surface area (Å²) < 4.78 is 36.7. The van der Waals surface area contributed by atoms with E-state index >= 15 is 0 Å². The summed E-state index contributed by atoms with van der Waals surface area (Å²) in [5, 5.41) is 19.0. The molecule has 2 heterocycles. The molecule has 3 atom stereocenters. The summed E-state index contributed by atoms with van der Waals surface area (Å²) in [6.45, 7) is 7.16. The highest BCUT2D eigenvalue weighted by Gasteiger charge is 2.32. The number of amides is 3. The van der Waals surface area contributed by atoms with Crippen molar-refractivity contribution in [2.24, 2.45) is 5.92 Å². The van der Waals surface area contributed by atoms with Crippen LogP contribution in [0.1, 0.15) is 30.9 Å². The fraction of sp³-hybridized carbons (Fsp3) is 0.542. The summed E-state index contributed by atoms with van der Waals surface area (Å²) in [4.78, 5) is 27.5. The van der Waals surface area contributed by atoms with Crippen molar-refractivity contribution in [3.8, 4) is 5.75 Å². The number of hydrogen-bond acceptors (Lipinski definition) is 8. The van der Waals surface area contributed by atoms with Gasteiger partial charge >= 0.3 is 6.03 Å². The van der Waals surface area contributed by atoms with Crippen LogP contribution in [0.5, 0.6) is 5.75 Å². The Bertz CT molecular complexity index is 1230. The van der Waals surface area contributed by atoms with E-state index in [1.807, 2.05) is 6.92 Å². The minimum absolute atomic E-state index is 0.0258. The van der Waals surface area contributed by atoms with Crippen molar-refractivity contribution in [3.05, 3.63) is 35.2 Å². The van der Waals surface area contributed by atoms with Gasteiger partial charge in [0.2, 0.25) is 15.9 Å². The van der Waals surface area contributed by atoms with Gasteiger partial charge in [-0.25, -0.2) is 17.5 Å². The number of sulfonamides is 1. The molecule has 1 aliphatic rings. The molecular weight excluding hydrogens is 502 g/mol. The number of aromatic nitrogens is 1. The second-order valence-electron chi connectivity index (χ2n) is 9.53. The number of nitrogens with zero attached hydrogens (tertiary/aromatic N) is 3. The van der Waals surface area contributed by atoms with E-state index in [-0.39, 0.29) is 37.9 Å². The molecule has 0 spiro atoms. The number of carbonyl (C=O) groups excluding carboxylic acids is 2. The molecule has 0 aliphatic carbocycles. The fourth-order valence-corrected chi connectivity index (χ4v) is 4.47. The summed E-state index contributed by atoms with van der Waals surface area (Å²) in [5.41, 5.74) is 1.97. The number of carbonyl (C=O) groups is 2. The topological polar surface area (TPSA) is 154 Å². The third-order valence-corrected chi connectivity index (χ3v) is 7.73. The van der Waals surface area contributed by atoms with Crippen LogP contribution in [-0.4, -0.2) is 85.0 Å². The molecule has 0 saturated heterocycles. The van der Waals surface area contributed by atoms with Crippen LogP contribution in [-0.2, 0) is 21.2 Å². The van der Waals surface area contributed by atoms with Crippen LogP contribution >= 0.6 is 0 Å². The minimum atomic E-state index is -3.46. The third-order valence-electron chi connectivity index (χ3n) is 6.45. The molecule has 13 heteroatoms. The molecule has 37 heavy (non-hydrogen) atoms. The first kappa shape index (κ1) is 28.4. The smallest absolute Gasteiger partial charge is 0.323 e. The van der Waals surface area contributed by atoms with Crippen molar-refractivity contribution in [1.82, 2.24) is 14.4 Å². The van der Waals surface area contributed by atoms with Crippen LogP contribution in [0.4, 0.5) is 16.2 Å². The van der Waals surface area contributed by atoms with Crippen molar-refractivity contribution >= 4 is 33.3 Å². The lowest BCUT2D eigenvalue weighted by Gasteiger charge is -2.33. The van der Waals surface area contributed by atoms with E-state index in [1.165, 1.54) is 11.4 Å². The zero-order valence-electron chi connectivity index (χ0n) is 21.9.